The number of aryl methyl sites for hydroxylation is 1. The van der Waals surface area contributed by atoms with E-state index in [0.717, 1.165) is 23.7 Å². The summed E-state index contributed by atoms with van der Waals surface area (Å²) in [6.07, 6.45) is 2.48. The van der Waals surface area contributed by atoms with Gasteiger partial charge in [0.15, 0.2) is 5.13 Å². The first-order valence-electron chi connectivity index (χ1n) is 8.30. The van der Waals surface area contributed by atoms with E-state index in [0.29, 0.717) is 11.9 Å². The Kier molecular flexibility index (Phi) is 2.94. The van der Waals surface area contributed by atoms with E-state index in [1.54, 1.807) is 11.3 Å². The first-order chi connectivity index (χ1) is 11.2. The number of anilines is 1. The first kappa shape index (κ1) is 13.7. The van der Waals surface area contributed by atoms with E-state index in [1.165, 1.54) is 36.2 Å². The van der Waals surface area contributed by atoms with Crippen LogP contribution in [0.25, 0.3) is 10.2 Å². The van der Waals surface area contributed by atoms with Gasteiger partial charge >= 0.3 is 0 Å². The second kappa shape index (κ2) is 4.92. The van der Waals surface area contributed by atoms with E-state index in [4.69, 9.17) is 4.74 Å². The predicted octanol–water partition coefficient (Wildman–Crippen LogP) is 2.87. The number of piperidine rings is 3. The Morgan fingerprint density at radius 2 is 2.22 bits per heavy atom. The summed E-state index contributed by atoms with van der Waals surface area (Å²) in [5, 5.41) is 4.16. The Morgan fingerprint density at radius 1 is 1.35 bits per heavy atom. The summed E-state index contributed by atoms with van der Waals surface area (Å²) in [5.74, 6) is 0.647. The van der Waals surface area contributed by atoms with Crippen LogP contribution in [-0.4, -0.2) is 47.7 Å². The lowest BCUT2D eigenvalue weighted by atomic mass is 9.75. The number of rotatable bonds is 1. The van der Waals surface area contributed by atoms with Gasteiger partial charge in [-0.2, -0.15) is 0 Å². The van der Waals surface area contributed by atoms with Crippen LogP contribution in [0, 0.1) is 12.8 Å². The molecule has 2 bridgehead atoms. The summed E-state index contributed by atoms with van der Waals surface area (Å²) < 4.78 is 7.51. The Bertz CT molecular complexity index is 793. The number of thiazole rings is 1. The number of aliphatic imine (C=N–C) groups is 1. The van der Waals surface area contributed by atoms with Crippen molar-refractivity contribution in [3.05, 3.63) is 23.8 Å². The van der Waals surface area contributed by atoms with Gasteiger partial charge in [0.1, 0.15) is 5.60 Å². The molecule has 1 N–H and O–H groups in total. The maximum absolute atomic E-state index is 6.31. The van der Waals surface area contributed by atoms with Crippen molar-refractivity contribution in [3.63, 3.8) is 0 Å². The SMILES string of the molecule is Cc1ccc2nc(NC3=NC[C@@]4(CN5CCC4CC5)O3)sc2c1. The van der Waals surface area contributed by atoms with Gasteiger partial charge in [0.05, 0.1) is 16.8 Å². The number of nitrogens with zero attached hydrogens (tertiary/aromatic N) is 3. The third kappa shape index (κ3) is 2.23. The first-order valence-corrected chi connectivity index (χ1v) is 9.12. The molecular formula is C17H20N4OS. The van der Waals surface area contributed by atoms with E-state index in [-0.39, 0.29) is 5.60 Å². The fraction of sp³-hybridized carbons (Fsp3) is 0.529. The molecule has 5 heterocycles. The average Bonchev–Trinajstić information content (AvgIpc) is 3.12. The predicted molar refractivity (Wildman–Crippen MR) is 93.3 cm³/mol. The third-order valence-corrected chi connectivity index (χ3v) is 6.30. The summed E-state index contributed by atoms with van der Waals surface area (Å²) in [5.41, 5.74) is 2.19. The van der Waals surface area contributed by atoms with Crippen LogP contribution >= 0.6 is 11.3 Å². The molecule has 2 aromatic rings. The molecule has 5 nitrogen and oxygen atoms in total. The van der Waals surface area contributed by atoms with Gasteiger partial charge in [0, 0.05) is 12.5 Å². The van der Waals surface area contributed by atoms with E-state index in [9.17, 15) is 0 Å². The van der Waals surface area contributed by atoms with Gasteiger partial charge in [0.25, 0.3) is 6.02 Å². The lowest BCUT2D eigenvalue weighted by Crippen LogP contribution is -2.61. The van der Waals surface area contributed by atoms with Crippen molar-refractivity contribution in [2.45, 2.75) is 25.4 Å². The van der Waals surface area contributed by atoms with Crippen molar-refractivity contribution in [3.8, 4) is 0 Å². The Hall–Kier alpha value is -1.66. The monoisotopic (exact) mass is 328 g/mol. The number of nitrogens with one attached hydrogen (secondary N) is 1. The van der Waals surface area contributed by atoms with E-state index >= 15 is 0 Å². The number of amidine groups is 1. The van der Waals surface area contributed by atoms with Crippen LogP contribution in [0.3, 0.4) is 0 Å². The Morgan fingerprint density at radius 3 is 3.00 bits per heavy atom. The molecule has 4 aliphatic rings. The number of benzene rings is 1. The number of ether oxygens (including phenoxy) is 1. The normalized spacial score (nSPS) is 32.3. The van der Waals surface area contributed by atoms with Crippen LogP contribution in [0.2, 0.25) is 0 Å². The van der Waals surface area contributed by atoms with Crippen molar-refractivity contribution in [2.24, 2.45) is 10.9 Å². The Labute approximate surface area is 139 Å². The largest absolute Gasteiger partial charge is 0.455 e. The van der Waals surface area contributed by atoms with Gasteiger partial charge < -0.3 is 4.74 Å². The smallest absolute Gasteiger partial charge is 0.291 e. The molecular weight excluding hydrogens is 308 g/mol. The zero-order valence-electron chi connectivity index (χ0n) is 13.2. The molecule has 4 aliphatic heterocycles. The number of aromatic nitrogens is 1. The molecule has 0 amide bonds. The van der Waals surface area contributed by atoms with Crippen LogP contribution in [-0.2, 0) is 4.74 Å². The Balaban J connectivity index is 1.35. The molecule has 120 valence electrons. The molecule has 0 saturated carbocycles. The van der Waals surface area contributed by atoms with Crippen LogP contribution in [0.4, 0.5) is 5.13 Å². The van der Waals surface area contributed by atoms with Crippen molar-refractivity contribution in [1.82, 2.24) is 9.88 Å². The molecule has 0 aliphatic carbocycles. The molecule has 6 heteroatoms. The number of hydrogen-bond donors (Lipinski definition) is 1. The topological polar surface area (TPSA) is 49.8 Å². The number of hydrogen-bond acceptors (Lipinski definition) is 6. The van der Waals surface area contributed by atoms with Crippen LogP contribution < -0.4 is 5.32 Å². The zero-order chi connectivity index (χ0) is 15.4. The molecule has 0 radical (unpaired) electrons. The van der Waals surface area contributed by atoms with Gasteiger partial charge in [-0.3, -0.25) is 10.2 Å². The molecule has 3 saturated heterocycles. The molecule has 3 fully saturated rings. The molecule has 6 rings (SSSR count). The molecule has 1 spiro atoms. The molecule has 1 aromatic heterocycles. The average molecular weight is 328 g/mol. The molecule has 0 unspecified atom stereocenters. The second-order valence-corrected chi connectivity index (χ2v) is 7.98. The van der Waals surface area contributed by atoms with Crippen molar-refractivity contribution < 1.29 is 4.74 Å². The molecule has 1 atom stereocenters. The van der Waals surface area contributed by atoms with Crippen LogP contribution in [0.15, 0.2) is 23.2 Å². The zero-order valence-corrected chi connectivity index (χ0v) is 14.0. The van der Waals surface area contributed by atoms with Gasteiger partial charge in [-0.1, -0.05) is 17.4 Å². The lowest BCUT2D eigenvalue weighted by Gasteiger charge is -2.50. The number of fused-ring (bicyclic) bond motifs is 3. The minimum Gasteiger partial charge on any atom is -0.455 e. The van der Waals surface area contributed by atoms with E-state index in [2.05, 4.69) is 45.3 Å². The highest BCUT2D eigenvalue weighted by Crippen LogP contribution is 2.41. The standard InChI is InChI=1S/C17H20N4OS/c1-11-2-3-13-14(8-11)23-16(19-13)20-15-18-9-17(22-15)10-21-6-4-12(17)5-7-21/h2-3,8,12H,4-7,9-10H2,1H3,(H,18,19,20)/t17-/m0/s1. The quantitative estimate of drug-likeness (QED) is 0.874. The minimum absolute atomic E-state index is 0.0912. The second-order valence-electron chi connectivity index (χ2n) is 6.95. The summed E-state index contributed by atoms with van der Waals surface area (Å²) >= 11 is 1.66. The highest BCUT2D eigenvalue weighted by molar-refractivity contribution is 7.22. The fourth-order valence-corrected chi connectivity index (χ4v) is 5.08. The lowest BCUT2D eigenvalue weighted by molar-refractivity contribution is -0.0829. The summed E-state index contributed by atoms with van der Waals surface area (Å²) in [6.45, 7) is 6.34. The van der Waals surface area contributed by atoms with Gasteiger partial charge in [-0.25, -0.2) is 9.98 Å². The summed E-state index contributed by atoms with van der Waals surface area (Å²) in [6, 6.07) is 6.98. The highest BCUT2D eigenvalue weighted by Gasteiger charge is 2.51. The van der Waals surface area contributed by atoms with Gasteiger partial charge in [0.2, 0.25) is 0 Å². The fourth-order valence-electron chi connectivity index (χ4n) is 4.12. The van der Waals surface area contributed by atoms with Crippen LogP contribution in [0.1, 0.15) is 18.4 Å². The molecule has 1 aromatic carbocycles. The minimum atomic E-state index is -0.0912. The highest BCUT2D eigenvalue weighted by atomic mass is 32.1. The van der Waals surface area contributed by atoms with E-state index in [1.807, 2.05) is 0 Å². The summed E-state index contributed by atoms with van der Waals surface area (Å²) in [7, 11) is 0. The van der Waals surface area contributed by atoms with Crippen molar-refractivity contribution >= 4 is 32.7 Å². The van der Waals surface area contributed by atoms with Crippen molar-refractivity contribution in [1.29, 1.82) is 0 Å². The maximum Gasteiger partial charge on any atom is 0.291 e. The third-order valence-electron chi connectivity index (χ3n) is 5.37. The van der Waals surface area contributed by atoms with E-state index < -0.39 is 0 Å². The summed E-state index contributed by atoms with van der Waals surface area (Å²) in [4.78, 5) is 11.8. The molecule has 23 heavy (non-hydrogen) atoms. The van der Waals surface area contributed by atoms with Gasteiger partial charge in [-0.05, 0) is 50.6 Å². The van der Waals surface area contributed by atoms with Gasteiger partial charge in [-0.15, -0.1) is 0 Å². The maximum atomic E-state index is 6.31. The van der Waals surface area contributed by atoms with Crippen LogP contribution in [0.5, 0.6) is 0 Å². The van der Waals surface area contributed by atoms with Crippen molar-refractivity contribution in [2.75, 3.05) is 31.5 Å².